The molecule has 0 aliphatic heterocycles. The minimum Gasteiger partial charge on any atom is -0.460 e. The Morgan fingerprint density at radius 2 is 1.64 bits per heavy atom. The minimum atomic E-state index is 0.307. The fourth-order valence-corrected chi connectivity index (χ4v) is 5.66. The van der Waals surface area contributed by atoms with E-state index >= 15 is 0 Å². The second kappa shape index (κ2) is 7.11. The first-order valence-electron chi connectivity index (χ1n) is 11.9. The zero-order valence-corrected chi connectivity index (χ0v) is 18.7. The number of para-hydroxylation sites is 1. The number of furan rings is 1. The van der Waals surface area contributed by atoms with Crippen LogP contribution in [-0.2, 0) is 6.42 Å². The van der Waals surface area contributed by atoms with Crippen molar-refractivity contribution in [3.8, 4) is 11.1 Å². The number of aromatic nitrogens is 1. The van der Waals surface area contributed by atoms with Crippen molar-refractivity contribution >= 4 is 38.9 Å². The Morgan fingerprint density at radius 3 is 2.58 bits per heavy atom. The van der Waals surface area contributed by atoms with Crippen LogP contribution in [0.3, 0.4) is 0 Å². The number of benzene rings is 3. The summed E-state index contributed by atoms with van der Waals surface area (Å²) in [7, 11) is 0. The maximum absolute atomic E-state index is 6.13. The van der Waals surface area contributed by atoms with Crippen molar-refractivity contribution < 1.29 is 4.42 Å². The van der Waals surface area contributed by atoms with Crippen LogP contribution in [-0.4, -0.2) is 4.57 Å². The first-order valence-corrected chi connectivity index (χ1v) is 11.9. The van der Waals surface area contributed by atoms with Crippen LogP contribution in [0.5, 0.6) is 0 Å². The van der Waals surface area contributed by atoms with Gasteiger partial charge in [0.2, 0.25) is 0 Å². The third-order valence-corrected chi connectivity index (χ3v) is 7.34. The van der Waals surface area contributed by atoms with E-state index in [-0.39, 0.29) is 0 Å². The molecule has 7 rings (SSSR count). The molecule has 2 aliphatic carbocycles. The van der Waals surface area contributed by atoms with E-state index in [2.05, 4.69) is 109 Å². The van der Waals surface area contributed by atoms with Crippen LogP contribution in [0, 0.1) is 5.92 Å². The van der Waals surface area contributed by atoms with Crippen LogP contribution < -0.4 is 0 Å². The number of rotatable bonds is 2. The fraction of sp³-hybridized carbons (Fsp3) is 0.161. The van der Waals surface area contributed by atoms with Crippen molar-refractivity contribution in [2.45, 2.75) is 25.8 Å². The average Bonchev–Trinajstić information content (AvgIpc) is 3.39. The first kappa shape index (κ1) is 18.8. The van der Waals surface area contributed by atoms with E-state index in [0.29, 0.717) is 12.0 Å². The molecule has 2 atom stereocenters. The van der Waals surface area contributed by atoms with E-state index in [1.54, 1.807) is 0 Å². The smallest absolute Gasteiger partial charge is 0.134 e. The molecule has 2 aromatic heterocycles. The van der Waals surface area contributed by atoms with Gasteiger partial charge in [0.1, 0.15) is 11.3 Å². The fourth-order valence-electron chi connectivity index (χ4n) is 5.66. The van der Waals surface area contributed by atoms with Crippen LogP contribution >= 0.6 is 0 Å². The Morgan fingerprint density at radius 1 is 0.818 bits per heavy atom. The number of hydrogen-bond acceptors (Lipinski definition) is 1. The molecule has 0 bridgehead atoms. The molecule has 2 heteroatoms. The third-order valence-electron chi connectivity index (χ3n) is 7.34. The molecular weight excluding hydrogens is 402 g/mol. The van der Waals surface area contributed by atoms with E-state index in [1.165, 1.54) is 43.9 Å². The van der Waals surface area contributed by atoms with Crippen LogP contribution in [0.4, 0.5) is 0 Å². The predicted molar refractivity (Wildman–Crippen MR) is 138 cm³/mol. The van der Waals surface area contributed by atoms with Gasteiger partial charge in [-0.1, -0.05) is 79.8 Å². The normalized spacial score (nSPS) is 19.7. The standard InChI is InChI=1S/C31H25NO/c1-20-8-2-5-11-27(20)32-28-12-6-3-9-23(28)24-16-14-22(19-29(24)32)21-15-17-31-26(18-21)25-10-4-7-13-30(25)33-31/h2-6,8-12,14-20,27H,7,13H2,1H3. The van der Waals surface area contributed by atoms with Crippen molar-refractivity contribution in [1.82, 2.24) is 4.57 Å². The molecule has 2 heterocycles. The number of hydrogen-bond donors (Lipinski definition) is 0. The molecule has 2 nitrogen and oxygen atoms in total. The van der Waals surface area contributed by atoms with Gasteiger partial charge in [0.05, 0.1) is 11.6 Å². The molecule has 0 saturated carbocycles. The summed E-state index contributed by atoms with van der Waals surface area (Å²) in [5.74, 6) is 1.56. The topological polar surface area (TPSA) is 18.1 Å². The summed E-state index contributed by atoms with van der Waals surface area (Å²) in [6.07, 6.45) is 15.5. The van der Waals surface area contributed by atoms with Crippen molar-refractivity contribution in [1.29, 1.82) is 0 Å². The highest BCUT2D eigenvalue weighted by Crippen LogP contribution is 2.39. The molecule has 0 radical (unpaired) electrons. The molecule has 0 amide bonds. The highest BCUT2D eigenvalue weighted by Gasteiger charge is 2.22. The summed E-state index contributed by atoms with van der Waals surface area (Å²) in [5.41, 5.74) is 7.30. The summed E-state index contributed by atoms with van der Waals surface area (Å²) < 4.78 is 8.66. The number of allylic oxidation sites excluding steroid dienone is 5. The predicted octanol–water partition coefficient (Wildman–Crippen LogP) is 8.47. The molecule has 3 aromatic carbocycles. The molecule has 160 valence electrons. The molecule has 0 saturated heterocycles. The number of nitrogens with zero attached hydrogens (tertiary/aromatic N) is 1. The van der Waals surface area contributed by atoms with Crippen molar-refractivity contribution in [3.05, 3.63) is 102 Å². The van der Waals surface area contributed by atoms with Gasteiger partial charge in [-0.2, -0.15) is 0 Å². The second-order valence-electron chi connectivity index (χ2n) is 9.33. The quantitative estimate of drug-likeness (QED) is 0.276. The van der Waals surface area contributed by atoms with Gasteiger partial charge in [-0.15, -0.1) is 0 Å². The lowest BCUT2D eigenvalue weighted by molar-refractivity contribution is 0.510. The van der Waals surface area contributed by atoms with Gasteiger partial charge in [-0.25, -0.2) is 0 Å². The van der Waals surface area contributed by atoms with Gasteiger partial charge >= 0.3 is 0 Å². The maximum Gasteiger partial charge on any atom is 0.134 e. The van der Waals surface area contributed by atoms with Crippen molar-refractivity contribution in [3.63, 3.8) is 0 Å². The Labute approximate surface area is 193 Å². The molecule has 2 aliphatic rings. The molecule has 5 aromatic rings. The van der Waals surface area contributed by atoms with Gasteiger partial charge in [-0.3, -0.25) is 0 Å². The molecule has 0 N–H and O–H groups in total. The molecule has 0 fully saturated rings. The lowest BCUT2D eigenvalue weighted by Gasteiger charge is -2.24. The van der Waals surface area contributed by atoms with Gasteiger partial charge in [0.15, 0.2) is 0 Å². The monoisotopic (exact) mass is 427 g/mol. The molecule has 33 heavy (non-hydrogen) atoms. The van der Waals surface area contributed by atoms with E-state index < -0.39 is 0 Å². The van der Waals surface area contributed by atoms with Gasteiger partial charge < -0.3 is 8.98 Å². The Kier molecular flexibility index (Phi) is 4.04. The molecular formula is C31H25NO. The summed E-state index contributed by atoms with van der Waals surface area (Å²) in [5, 5.41) is 3.85. The number of fused-ring (bicyclic) bond motifs is 6. The summed E-state index contributed by atoms with van der Waals surface area (Å²) in [6, 6.07) is 22.7. The van der Waals surface area contributed by atoms with Crippen LogP contribution in [0.1, 0.15) is 30.7 Å². The van der Waals surface area contributed by atoms with Crippen molar-refractivity contribution in [2.75, 3.05) is 0 Å². The van der Waals surface area contributed by atoms with Crippen molar-refractivity contribution in [2.24, 2.45) is 5.92 Å². The Bertz CT molecular complexity index is 1640. The summed E-state index contributed by atoms with van der Waals surface area (Å²) in [4.78, 5) is 0. The van der Waals surface area contributed by atoms with Gasteiger partial charge in [-0.05, 0) is 47.7 Å². The summed E-state index contributed by atoms with van der Waals surface area (Å²) in [6.45, 7) is 2.30. The zero-order valence-electron chi connectivity index (χ0n) is 18.7. The Hall–Kier alpha value is -3.78. The van der Waals surface area contributed by atoms with E-state index in [9.17, 15) is 0 Å². The lowest BCUT2D eigenvalue weighted by atomic mass is 9.96. The minimum absolute atomic E-state index is 0.307. The Balaban J connectivity index is 1.46. The molecule has 0 spiro atoms. The highest BCUT2D eigenvalue weighted by molar-refractivity contribution is 6.09. The van der Waals surface area contributed by atoms with Crippen LogP contribution in [0.25, 0.3) is 50.0 Å². The van der Waals surface area contributed by atoms with E-state index in [1.807, 2.05) is 0 Å². The first-order chi connectivity index (χ1) is 16.3. The second-order valence-corrected chi connectivity index (χ2v) is 9.33. The molecule has 2 unspecified atom stereocenters. The van der Waals surface area contributed by atoms with E-state index in [4.69, 9.17) is 4.42 Å². The maximum atomic E-state index is 6.13. The van der Waals surface area contributed by atoms with E-state index in [0.717, 1.165) is 24.2 Å². The van der Waals surface area contributed by atoms with Crippen LogP contribution in [0.15, 0.2) is 95.5 Å². The zero-order chi connectivity index (χ0) is 21.9. The summed E-state index contributed by atoms with van der Waals surface area (Å²) >= 11 is 0. The number of aryl methyl sites for hydroxylation is 1. The largest absolute Gasteiger partial charge is 0.460 e. The SMILES string of the molecule is CC1C=CC=CC1n1c2ccccc2c2ccc(-c3ccc4oc5c(c4c3)C=CCC5)cc21. The third kappa shape index (κ3) is 2.80. The highest BCUT2D eigenvalue weighted by atomic mass is 16.3. The van der Waals surface area contributed by atoms with Gasteiger partial charge in [0, 0.05) is 33.7 Å². The van der Waals surface area contributed by atoms with Gasteiger partial charge in [0.25, 0.3) is 0 Å². The van der Waals surface area contributed by atoms with Crippen LogP contribution in [0.2, 0.25) is 0 Å². The average molecular weight is 428 g/mol. The lowest BCUT2D eigenvalue weighted by Crippen LogP contribution is -2.15.